The van der Waals surface area contributed by atoms with Gasteiger partial charge in [-0.05, 0) is 43.3 Å². The Morgan fingerprint density at radius 1 is 1.36 bits per heavy atom. The van der Waals surface area contributed by atoms with E-state index in [1.807, 2.05) is 6.20 Å². The van der Waals surface area contributed by atoms with Crippen LogP contribution < -0.4 is 0 Å². The fourth-order valence-corrected chi connectivity index (χ4v) is 2.67. The molecule has 14 heavy (non-hydrogen) atoms. The summed E-state index contributed by atoms with van der Waals surface area (Å²) in [4.78, 5) is 3.07. The maximum Gasteiger partial charge on any atom is 0.177 e. The summed E-state index contributed by atoms with van der Waals surface area (Å²) in [6.45, 7) is 4.71. The van der Waals surface area contributed by atoms with Gasteiger partial charge in [0, 0.05) is 18.4 Å². The first-order chi connectivity index (χ1) is 6.68. The monoisotopic (exact) mass is 210 g/mol. The molecule has 2 nitrogen and oxygen atoms in total. The normalized spacial score (nSPS) is 33.1. The maximum atomic E-state index is 5.24. The number of imidazole rings is 1. The second-order valence-electron chi connectivity index (χ2n) is 4.59. The zero-order chi connectivity index (χ0) is 10.1. The van der Waals surface area contributed by atoms with E-state index in [2.05, 4.69) is 29.6 Å². The average Bonchev–Trinajstić information content (AvgIpc) is 2.57. The fourth-order valence-electron chi connectivity index (χ4n) is 2.39. The molecule has 1 heterocycles. The molecule has 0 aliphatic heterocycles. The number of aromatic nitrogens is 2. The number of H-pyrrole nitrogens is 1. The average molecular weight is 210 g/mol. The van der Waals surface area contributed by atoms with Gasteiger partial charge in [-0.25, -0.2) is 0 Å². The van der Waals surface area contributed by atoms with Gasteiger partial charge in [-0.3, -0.25) is 0 Å². The van der Waals surface area contributed by atoms with Gasteiger partial charge in [-0.1, -0.05) is 13.8 Å². The van der Waals surface area contributed by atoms with Crippen molar-refractivity contribution < 1.29 is 0 Å². The van der Waals surface area contributed by atoms with Crippen LogP contribution in [-0.2, 0) is 0 Å². The number of hydrogen-bond acceptors (Lipinski definition) is 1. The second-order valence-corrected chi connectivity index (χ2v) is 4.98. The van der Waals surface area contributed by atoms with Crippen molar-refractivity contribution in [3.8, 4) is 0 Å². The van der Waals surface area contributed by atoms with E-state index in [4.69, 9.17) is 12.2 Å². The van der Waals surface area contributed by atoms with E-state index in [0.717, 1.165) is 16.6 Å². The molecule has 0 saturated heterocycles. The molecule has 1 aromatic heterocycles. The predicted molar refractivity (Wildman–Crippen MR) is 60.8 cm³/mol. The first kappa shape index (κ1) is 9.97. The fraction of sp³-hybridized carbons (Fsp3) is 0.727. The van der Waals surface area contributed by atoms with E-state index < -0.39 is 0 Å². The third kappa shape index (κ3) is 1.78. The lowest BCUT2D eigenvalue weighted by Crippen LogP contribution is -2.23. The van der Waals surface area contributed by atoms with Crippen LogP contribution in [0.15, 0.2) is 12.4 Å². The Kier molecular flexibility index (Phi) is 2.77. The molecule has 1 fully saturated rings. The van der Waals surface area contributed by atoms with Gasteiger partial charge >= 0.3 is 0 Å². The van der Waals surface area contributed by atoms with Crippen LogP contribution in [0.25, 0.3) is 0 Å². The third-order valence-corrected chi connectivity index (χ3v) is 3.97. The van der Waals surface area contributed by atoms with Crippen LogP contribution in [0, 0.1) is 16.6 Å². The molecular weight excluding hydrogens is 192 g/mol. The lowest BCUT2D eigenvalue weighted by Gasteiger charge is -2.32. The molecule has 0 radical (unpaired) electrons. The summed E-state index contributed by atoms with van der Waals surface area (Å²) in [7, 11) is 0. The van der Waals surface area contributed by atoms with Gasteiger partial charge in [0.1, 0.15) is 0 Å². The van der Waals surface area contributed by atoms with Crippen molar-refractivity contribution in [2.45, 2.75) is 39.2 Å². The van der Waals surface area contributed by atoms with Gasteiger partial charge in [0.2, 0.25) is 0 Å². The van der Waals surface area contributed by atoms with Crippen LogP contribution in [0.4, 0.5) is 0 Å². The number of hydrogen-bond donors (Lipinski definition) is 1. The number of aromatic amines is 1. The molecule has 78 valence electrons. The van der Waals surface area contributed by atoms with Crippen molar-refractivity contribution in [3.05, 3.63) is 17.2 Å². The molecule has 1 aliphatic rings. The van der Waals surface area contributed by atoms with E-state index in [1.54, 1.807) is 0 Å². The molecule has 0 aromatic carbocycles. The Bertz CT molecular complexity index is 352. The lowest BCUT2D eigenvalue weighted by atomic mass is 9.79. The first-order valence-corrected chi connectivity index (χ1v) is 5.85. The number of nitrogens with one attached hydrogen (secondary N) is 1. The van der Waals surface area contributed by atoms with Crippen LogP contribution in [0.2, 0.25) is 0 Å². The van der Waals surface area contributed by atoms with Crippen molar-refractivity contribution in [1.82, 2.24) is 9.55 Å². The minimum absolute atomic E-state index is 0.625. The Morgan fingerprint density at radius 3 is 2.71 bits per heavy atom. The smallest absolute Gasteiger partial charge is 0.177 e. The van der Waals surface area contributed by atoms with Gasteiger partial charge in [-0.2, -0.15) is 0 Å². The summed E-state index contributed by atoms with van der Waals surface area (Å²) in [5.74, 6) is 1.70. The summed E-state index contributed by atoms with van der Waals surface area (Å²) >= 11 is 5.24. The van der Waals surface area contributed by atoms with Gasteiger partial charge < -0.3 is 9.55 Å². The summed E-state index contributed by atoms with van der Waals surface area (Å²) in [5.41, 5.74) is 0. The first-order valence-electron chi connectivity index (χ1n) is 5.44. The highest BCUT2D eigenvalue weighted by molar-refractivity contribution is 7.71. The molecule has 1 N–H and O–H groups in total. The predicted octanol–water partition coefficient (Wildman–Crippen LogP) is 3.54. The molecule has 3 heteroatoms. The largest absolute Gasteiger partial charge is 0.337 e. The lowest BCUT2D eigenvalue weighted by molar-refractivity contribution is 0.209. The van der Waals surface area contributed by atoms with Crippen LogP contribution >= 0.6 is 12.2 Å². The van der Waals surface area contributed by atoms with Crippen molar-refractivity contribution in [2.75, 3.05) is 0 Å². The number of nitrogens with zero attached hydrogens (tertiary/aromatic N) is 1. The van der Waals surface area contributed by atoms with Crippen molar-refractivity contribution in [3.63, 3.8) is 0 Å². The molecule has 3 unspecified atom stereocenters. The summed E-state index contributed by atoms with van der Waals surface area (Å²) in [6, 6.07) is 0.625. The summed E-state index contributed by atoms with van der Waals surface area (Å²) in [5, 5.41) is 0. The Hall–Kier alpha value is -0.570. The quantitative estimate of drug-likeness (QED) is 0.703. The molecule has 1 aromatic rings. The highest BCUT2D eigenvalue weighted by atomic mass is 32.1. The standard InChI is InChI=1S/C11H18N2S/c1-8-3-4-10(7-9(8)2)13-6-5-12-11(13)14/h5-6,8-10H,3-4,7H2,1-2H3,(H,12,14). The Morgan fingerprint density at radius 2 is 2.14 bits per heavy atom. The highest BCUT2D eigenvalue weighted by Crippen LogP contribution is 2.35. The molecule has 0 amide bonds. The summed E-state index contributed by atoms with van der Waals surface area (Å²) in [6.07, 6.45) is 7.89. The van der Waals surface area contributed by atoms with Gasteiger partial charge in [-0.15, -0.1) is 0 Å². The summed E-state index contributed by atoms with van der Waals surface area (Å²) < 4.78 is 3.09. The molecule has 0 bridgehead atoms. The van der Waals surface area contributed by atoms with Crippen molar-refractivity contribution >= 4 is 12.2 Å². The van der Waals surface area contributed by atoms with E-state index in [-0.39, 0.29) is 0 Å². The second kappa shape index (κ2) is 3.89. The van der Waals surface area contributed by atoms with Crippen molar-refractivity contribution in [2.24, 2.45) is 11.8 Å². The molecule has 0 spiro atoms. The highest BCUT2D eigenvalue weighted by Gasteiger charge is 2.25. The van der Waals surface area contributed by atoms with Crippen molar-refractivity contribution in [1.29, 1.82) is 0 Å². The Balaban J connectivity index is 2.14. The zero-order valence-electron chi connectivity index (χ0n) is 8.86. The van der Waals surface area contributed by atoms with Gasteiger partial charge in [0.25, 0.3) is 0 Å². The van der Waals surface area contributed by atoms with Gasteiger partial charge in [0.05, 0.1) is 0 Å². The molecular formula is C11H18N2S. The van der Waals surface area contributed by atoms with Crippen LogP contribution in [-0.4, -0.2) is 9.55 Å². The minimum atomic E-state index is 0.625. The van der Waals surface area contributed by atoms with Crippen LogP contribution in [0.3, 0.4) is 0 Å². The third-order valence-electron chi connectivity index (χ3n) is 3.64. The topological polar surface area (TPSA) is 20.7 Å². The molecule has 3 atom stereocenters. The van der Waals surface area contributed by atoms with E-state index in [9.17, 15) is 0 Å². The molecule has 1 aliphatic carbocycles. The molecule has 1 saturated carbocycles. The number of rotatable bonds is 1. The van der Waals surface area contributed by atoms with Crippen LogP contribution in [0.5, 0.6) is 0 Å². The maximum absolute atomic E-state index is 5.24. The van der Waals surface area contributed by atoms with E-state index >= 15 is 0 Å². The van der Waals surface area contributed by atoms with E-state index in [0.29, 0.717) is 6.04 Å². The minimum Gasteiger partial charge on any atom is -0.337 e. The van der Waals surface area contributed by atoms with Crippen LogP contribution in [0.1, 0.15) is 39.2 Å². The zero-order valence-corrected chi connectivity index (χ0v) is 9.68. The SMILES string of the molecule is CC1CCC(n2cc[nH]c2=S)CC1C. The Labute approximate surface area is 90.3 Å². The molecule has 2 rings (SSSR count). The van der Waals surface area contributed by atoms with Gasteiger partial charge in [0.15, 0.2) is 4.77 Å². The van der Waals surface area contributed by atoms with E-state index in [1.165, 1.54) is 19.3 Å².